The molecule has 1 heterocycles. The van der Waals surface area contributed by atoms with Crippen molar-refractivity contribution in [2.75, 3.05) is 19.6 Å². The van der Waals surface area contributed by atoms with Crippen molar-refractivity contribution >= 4 is 0 Å². The lowest BCUT2D eigenvalue weighted by molar-refractivity contribution is 0.530. The van der Waals surface area contributed by atoms with Gasteiger partial charge in [0.25, 0.3) is 0 Å². The maximum Gasteiger partial charge on any atom is 0.0304 e. The minimum absolute atomic E-state index is 0.434. The van der Waals surface area contributed by atoms with Crippen LogP contribution in [0.5, 0.6) is 0 Å². The molecule has 0 bridgehead atoms. The van der Waals surface area contributed by atoms with Crippen molar-refractivity contribution in [3.05, 3.63) is 46.3 Å². The van der Waals surface area contributed by atoms with E-state index in [0.29, 0.717) is 18.4 Å². The minimum atomic E-state index is 0.434. The molecule has 78 valence electrons. The third-order valence-electron chi connectivity index (χ3n) is 2.95. The van der Waals surface area contributed by atoms with E-state index in [9.17, 15) is 0 Å². The average molecular weight is 202 g/mol. The molecule has 0 spiro atoms. The van der Waals surface area contributed by atoms with Gasteiger partial charge in [0, 0.05) is 23.9 Å². The van der Waals surface area contributed by atoms with Gasteiger partial charge in [-0.05, 0) is 23.6 Å². The van der Waals surface area contributed by atoms with Crippen molar-refractivity contribution in [3.63, 3.8) is 0 Å². The van der Waals surface area contributed by atoms with Crippen molar-refractivity contribution in [2.45, 2.75) is 5.92 Å². The highest BCUT2D eigenvalue weighted by Gasteiger charge is 2.27. The molecule has 0 aromatic heterocycles. The Bertz CT molecular complexity index is 356. The molecule has 0 aliphatic carbocycles. The predicted molar refractivity (Wildman–Crippen MR) is 59.6 cm³/mol. The maximum atomic E-state index is 8.32. The Morgan fingerprint density at radius 1 is 1.33 bits per heavy atom. The number of benzene rings is 1. The molecule has 0 saturated carbocycles. The smallest absolute Gasteiger partial charge is 0.0304 e. The van der Waals surface area contributed by atoms with Gasteiger partial charge in [0.1, 0.15) is 0 Å². The molecule has 1 aliphatic heterocycles. The molecule has 1 aromatic carbocycles. The van der Waals surface area contributed by atoms with Crippen LogP contribution < -0.4 is 5.32 Å². The van der Waals surface area contributed by atoms with E-state index in [-0.39, 0.29) is 0 Å². The van der Waals surface area contributed by atoms with Gasteiger partial charge in [-0.2, -0.15) is 0 Å². The quantitative estimate of drug-likeness (QED) is 0.456. The Balaban J connectivity index is 2.11. The lowest BCUT2D eigenvalue weighted by atomic mass is 9.89. The van der Waals surface area contributed by atoms with Crippen LogP contribution in [0.1, 0.15) is 11.5 Å². The van der Waals surface area contributed by atoms with Gasteiger partial charge in [0.15, 0.2) is 0 Å². The molecular formula is C11H14N4. The summed E-state index contributed by atoms with van der Waals surface area (Å²) in [4.78, 5) is 2.82. The Hall–Kier alpha value is -1.51. The molecule has 1 saturated heterocycles. The van der Waals surface area contributed by atoms with Gasteiger partial charge in [0.05, 0.1) is 0 Å². The van der Waals surface area contributed by atoms with Crippen molar-refractivity contribution in [1.82, 2.24) is 5.32 Å². The van der Waals surface area contributed by atoms with Crippen LogP contribution >= 0.6 is 0 Å². The van der Waals surface area contributed by atoms with Gasteiger partial charge in [-0.1, -0.05) is 35.4 Å². The number of hydrogen-bond acceptors (Lipinski definition) is 2. The Morgan fingerprint density at radius 2 is 2.13 bits per heavy atom. The second-order valence-electron chi connectivity index (χ2n) is 3.85. The zero-order chi connectivity index (χ0) is 10.5. The van der Waals surface area contributed by atoms with Crippen LogP contribution in [-0.2, 0) is 0 Å². The van der Waals surface area contributed by atoms with Crippen molar-refractivity contribution in [3.8, 4) is 0 Å². The zero-order valence-electron chi connectivity index (χ0n) is 8.50. The number of azide groups is 1. The first-order valence-electron chi connectivity index (χ1n) is 5.18. The van der Waals surface area contributed by atoms with Crippen LogP contribution in [0, 0.1) is 5.92 Å². The summed E-state index contributed by atoms with van der Waals surface area (Å²) in [6, 6.07) is 10.4. The Labute approximate surface area is 88.9 Å². The second kappa shape index (κ2) is 4.82. The molecule has 2 atom stereocenters. The van der Waals surface area contributed by atoms with Crippen molar-refractivity contribution < 1.29 is 0 Å². The Kier molecular flexibility index (Phi) is 3.22. The van der Waals surface area contributed by atoms with Gasteiger partial charge in [0.2, 0.25) is 0 Å². The van der Waals surface area contributed by atoms with Crippen molar-refractivity contribution in [2.24, 2.45) is 11.0 Å². The van der Waals surface area contributed by atoms with Crippen LogP contribution in [0.25, 0.3) is 10.4 Å². The number of nitrogens with zero attached hydrogens (tertiary/aromatic N) is 3. The van der Waals surface area contributed by atoms with E-state index in [2.05, 4.69) is 39.6 Å². The third kappa shape index (κ3) is 2.29. The van der Waals surface area contributed by atoms with Crippen LogP contribution in [0.2, 0.25) is 0 Å². The topological polar surface area (TPSA) is 60.8 Å². The van der Waals surface area contributed by atoms with E-state index in [1.165, 1.54) is 5.56 Å². The first kappa shape index (κ1) is 10.0. The highest BCUT2D eigenvalue weighted by atomic mass is 15.1. The number of hydrogen-bond donors (Lipinski definition) is 1. The van der Waals surface area contributed by atoms with E-state index >= 15 is 0 Å². The molecule has 4 nitrogen and oxygen atoms in total. The minimum Gasteiger partial charge on any atom is -0.316 e. The second-order valence-corrected chi connectivity index (χ2v) is 3.85. The van der Waals surface area contributed by atoms with Gasteiger partial charge in [-0.15, -0.1) is 0 Å². The summed E-state index contributed by atoms with van der Waals surface area (Å²) in [7, 11) is 0. The highest BCUT2D eigenvalue weighted by Crippen LogP contribution is 2.27. The van der Waals surface area contributed by atoms with Gasteiger partial charge in [-0.25, -0.2) is 0 Å². The fourth-order valence-corrected chi connectivity index (χ4v) is 2.16. The fourth-order valence-electron chi connectivity index (χ4n) is 2.16. The first-order valence-corrected chi connectivity index (χ1v) is 5.18. The van der Waals surface area contributed by atoms with Crippen LogP contribution in [0.3, 0.4) is 0 Å². The fraction of sp³-hybridized carbons (Fsp3) is 0.455. The van der Waals surface area contributed by atoms with Crippen molar-refractivity contribution in [1.29, 1.82) is 0 Å². The summed E-state index contributed by atoms with van der Waals surface area (Å²) in [6.45, 7) is 2.51. The molecular weight excluding hydrogens is 188 g/mol. The summed E-state index contributed by atoms with van der Waals surface area (Å²) in [5.41, 5.74) is 9.66. The molecule has 15 heavy (non-hydrogen) atoms. The summed E-state index contributed by atoms with van der Waals surface area (Å²) in [6.07, 6.45) is 0. The molecule has 0 amide bonds. The standard InChI is InChI=1S/C11H14N4/c12-15-14-7-10-6-13-8-11(10)9-4-2-1-3-5-9/h1-5,10-11,13H,6-8H2/t10-,11+/m1/s1. The summed E-state index contributed by atoms with van der Waals surface area (Å²) in [5.74, 6) is 0.917. The van der Waals surface area contributed by atoms with E-state index in [1.807, 2.05) is 6.07 Å². The SMILES string of the molecule is [N-]=[N+]=NC[C@H]1CNC[C@H]1c1ccccc1. The molecule has 2 rings (SSSR count). The molecule has 1 fully saturated rings. The van der Waals surface area contributed by atoms with Crippen LogP contribution in [-0.4, -0.2) is 19.6 Å². The van der Waals surface area contributed by atoms with Gasteiger partial charge in [-0.3, -0.25) is 0 Å². The molecule has 0 radical (unpaired) electrons. The monoisotopic (exact) mass is 202 g/mol. The lowest BCUT2D eigenvalue weighted by Crippen LogP contribution is -2.13. The molecule has 4 heteroatoms. The van der Waals surface area contributed by atoms with E-state index in [1.54, 1.807) is 0 Å². The van der Waals surface area contributed by atoms with Gasteiger partial charge >= 0.3 is 0 Å². The zero-order valence-corrected chi connectivity index (χ0v) is 8.50. The van der Waals surface area contributed by atoms with E-state index in [4.69, 9.17) is 5.53 Å². The third-order valence-corrected chi connectivity index (χ3v) is 2.95. The largest absolute Gasteiger partial charge is 0.316 e. The van der Waals surface area contributed by atoms with E-state index in [0.717, 1.165) is 13.1 Å². The molecule has 1 aliphatic rings. The Morgan fingerprint density at radius 3 is 2.87 bits per heavy atom. The maximum absolute atomic E-state index is 8.32. The molecule has 0 unspecified atom stereocenters. The lowest BCUT2D eigenvalue weighted by Gasteiger charge is -2.16. The van der Waals surface area contributed by atoms with Gasteiger partial charge < -0.3 is 5.32 Å². The molecule has 1 aromatic rings. The summed E-state index contributed by atoms with van der Waals surface area (Å²) in [5, 5.41) is 7.02. The average Bonchev–Trinajstić information content (AvgIpc) is 2.75. The summed E-state index contributed by atoms with van der Waals surface area (Å²) < 4.78 is 0. The summed E-state index contributed by atoms with van der Waals surface area (Å²) >= 11 is 0. The first-order chi connectivity index (χ1) is 7.42. The molecule has 1 N–H and O–H groups in total. The van der Waals surface area contributed by atoms with E-state index < -0.39 is 0 Å². The predicted octanol–water partition coefficient (Wildman–Crippen LogP) is 2.30. The van der Waals surface area contributed by atoms with Crippen LogP contribution in [0.4, 0.5) is 0 Å². The normalized spacial score (nSPS) is 24.8. The van der Waals surface area contributed by atoms with Crippen LogP contribution in [0.15, 0.2) is 35.4 Å². The number of rotatable bonds is 3. The number of nitrogens with one attached hydrogen (secondary N) is 1. The highest BCUT2D eigenvalue weighted by molar-refractivity contribution is 5.22.